The standard InChI is InChI=1S/C11H15BrFNO/c1-8(14-5-6-15-2)10-7-9(12)3-4-11(10)13/h3-4,7-8,14H,5-6H2,1-2H3. The molecule has 84 valence electrons. The first-order chi connectivity index (χ1) is 7.15. The summed E-state index contributed by atoms with van der Waals surface area (Å²) in [5.74, 6) is -0.185. The Bertz CT molecular complexity index is 319. The summed E-state index contributed by atoms with van der Waals surface area (Å²) in [5.41, 5.74) is 0.667. The molecule has 1 aromatic carbocycles. The van der Waals surface area contributed by atoms with Crippen LogP contribution in [0, 0.1) is 5.82 Å². The molecule has 2 nitrogen and oxygen atoms in total. The van der Waals surface area contributed by atoms with Gasteiger partial charge in [-0.1, -0.05) is 15.9 Å². The van der Waals surface area contributed by atoms with Crippen molar-refractivity contribution < 1.29 is 9.13 Å². The minimum Gasteiger partial charge on any atom is -0.383 e. The SMILES string of the molecule is COCCNC(C)c1cc(Br)ccc1F. The van der Waals surface area contributed by atoms with Crippen molar-refractivity contribution in [3.8, 4) is 0 Å². The summed E-state index contributed by atoms with van der Waals surface area (Å²) in [6, 6.07) is 4.94. The van der Waals surface area contributed by atoms with Crippen LogP contribution in [0.25, 0.3) is 0 Å². The summed E-state index contributed by atoms with van der Waals surface area (Å²) >= 11 is 3.33. The summed E-state index contributed by atoms with van der Waals surface area (Å²) in [4.78, 5) is 0. The molecule has 0 fully saturated rings. The van der Waals surface area contributed by atoms with Crippen molar-refractivity contribution in [2.45, 2.75) is 13.0 Å². The van der Waals surface area contributed by atoms with Crippen molar-refractivity contribution in [1.29, 1.82) is 0 Å². The summed E-state index contributed by atoms with van der Waals surface area (Å²) in [6.45, 7) is 3.27. The average Bonchev–Trinajstić information content (AvgIpc) is 2.22. The molecule has 0 aromatic heterocycles. The molecule has 0 bridgehead atoms. The summed E-state index contributed by atoms with van der Waals surface area (Å²) in [6.07, 6.45) is 0. The number of hydrogen-bond acceptors (Lipinski definition) is 2. The fourth-order valence-corrected chi connectivity index (χ4v) is 1.71. The third kappa shape index (κ3) is 3.89. The number of rotatable bonds is 5. The van der Waals surface area contributed by atoms with Gasteiger partial charge in [0.25, 0.3) is 0 Å². The fraction of sp³-hybridized carbons (Fsp3) is 0.455. The van der Waals surface area contributed by atoms with E-state index in [1.54, 1.807) is 19.2 Å². The molecule has 0 radical (unpaired) electrons. The monoisotopic (exact) mass is 275 g/mol. The third-order valence-electron chi connectivity index (χ3n) is 2.18. The van der Waals surface area contributed by atoms with Crippen LogP contribution in [0.3, 0.4) is 0 Å². The predicted octanol–water partition coefficient (Wildman–Crippen LogP) is 2.89. The molecule has 15 heavy (non-hydrogen) atoms. The second-order valence-electron chi connectivity index (χ2n) is 3.33. The number of nitrogens with one attached hydrogen (secondary N) is 1. The van der Waals surface area contributed by atoms with Crippen LogP contribution >= 0.6 is 15.9 Å². The molecule has 1 rings (SSSR count). The average molecular weight is 276 g/mol. The molecular formula is C11H15BrFNO. The van der Waals surface area contributed by atoms with Crippen molar-refractivity contribution in [3.05, 3.63) is 34.1 Å². The highest BCUT2D eigenvalue weighted by Gasteiger charge is 2.10. The molecule has 1 aromatic rings. The number of ether oxygens (including phenoxy) is 1. The first-order valence-corrected chi connectivity index (χ1v) is 5.61. The Kier molecular flexibility index (Phi) is 5.22. The number of halogens is 2. The largest absolute Gasteiger partial charge is 0.383 e. The lowest BCUT2D eigenvalue weighted by molar-refractivity contribution is 0.196. The lowest BCUT2D eigenvalue weighted by Gasteiger charge is -2.15. The van der Waals surface area contributed by atoms with Gasteiger partial charge in [0.15, 0.2) is 0 Å². The normalized spacial score (nSPS) is 12.8. The molecule has 1 atom stereocenters. The molecule has 0 amide bonds. The first-order valence-electron chi connectivity index (χ1n) is 4.82. The second-order valence-corrected chi connectivity index (χ2v) is 4.25. The molecule has 0 heterocycles. The first kappa shape index (κ1) is 12.6. The zero-order valence-electron chi connectivity index (χ0n) is 8.89. The summed E-state index contributed by atoms with van der Waals surface area (Å²) in [5, 5.41) is 3.18. The smallest absolute Gasteiger partial charge is 0.128 e. The Morgan fingerprint density at radius 1 is 1.53 bits per heavy atom. The highest BCUT2D eigenvalue weighted by Crippen LogP contribution is 2.21. The Balaban J connectivity index is 2.64. The van der Waals surface area contributed by atoms with Crippen molar-refractivity contribution in [1.82, 2.24) is 5.32 Å². The zero-order chi connectivity index (χ0) is 11.3. The topological polar surface area (TPSA) is 21.3 Å². The third-order valence-corrected chi connectivity index (χ3v) is 2.67. The molecule has 0 saturated heterocycles. The number of methoxy groups -OCH3 is 1. The zero-order valence-corrected chi connectivity index (χ0v) is 10.5. The van der Waals surface area contributed by atoms with E-state index in [-0.39, 0.29) is 11.9 Å². The quantitative estimate of drug-likeness (QED) is 0.835. The molecule has 4 heteroatoms. The molecule has 0 aliphatic carbocycles. The van der Waals surface area contributed by atoms with Gasteiger partial charge >= 0.3 is 0 Å². The van der Waals surface area contributed by atoms with Crippen molar-refractivity contribution in [2.24, 2.45) is 0 Å². The Labute approximate surface area is 98.0 Å². The van der Waals surface area contributed by atoms with E-state index in [0.717, 1.165) is 4.47 Å². The minimum atomic E-state index is -0.185. The lowest BCUT2D eigenvalue weighted by atomic mass is 10.1. The van der Waals surface area contributed by atoms with Crippen LogP contribution in [0.4, 0.5) is 4.39 Å². The van der Waals surface area contributed by atoms with E-state index in [1.165, 1.54) is 6.07 Å². The van der Waals surface area contributed by atoms with Crippen LogP contribution in [-0.2, 0) is 4.74 Å². The predicted molar refractivity (Wildman–Crippen MR) is 62.4 cm³/mol. The molecule has 0 aliphatic rings. The maximum Gasteiger partial charge on any atom is 0.128 e. The van der Waals surface area contributed by atoms with Gasteiger partial charge in [-0.05, 0) is 25.1 Å². The van der Waals surface area contributed by atoms with E-state index in [0.29, 0.717) is 18.7 Å². The van der Waals surface area contributed by atoms with Crippen molar-refractivity contribution in [3.63, 3.8) is 0 Å². The lowest BCUT2D eigenvalue weighted by Crippen LogP contribution is -2.23. The van der Waals surface area contributed by atoms with E-state index < -0.39 is 0 Å². The fourth-order valence-electron chi connectivity index (χ4n) is 1.33. The van der Waals surface area contributed by atoms with Crippen LogP contribution in [0.2, 0.25) is 0 Å². The van der Waals surface area contributed by atoms with E-state index in [4.69, 9.17) is 4.74 Å². The van der Waals surface area contributed by atoms with E-state index in [1.807, 2.05) is 6.92 Å². The van der Waals surface area contributed by atoms with Gasteiger partial charge in [0.1, 0.15) is 5.82 Å². The Morgan fingerprint density at radius 3 is 2.93 bits per heavy atom. The van der Waals surface area contributed by atoms with Crippen LogP contribution in [0.5, 0.6) is 0 Å². The van der Waals surface area contributed by atoms with Gasteiger partial charge in [0.05, 0.1) is 6.61 Å². The molecule has 0 spiro atoms. The van der Waals surface area contributed by atoms with Crippen LogP contribution in [0.1, 0.15) is 18.5 Å². The van der Waals surface area contributed by atoms with Gasteiger partial charge in [0.2, 0.25) is 0 Å². The summed E-state index contributed by atoms with van der Waals surface area (Å²) in [7, 11) is 1.64. The molecule has 0 saturated carbocycles. The maximum absolute atomic E-state index is 13.4. The Hall–Kier alpha value is -0.450. The highest BCUT2D eigenvalue weighted by molar-refractivity contribution is 9.10. The molecule has 1 unspecified atom stereocenters. The van der Waals surface area contributed by atoms with Gasteiger partial charge in [-0.15, -0.1) is 0 Å². The van der Waals surface area contributed by atoms with Crippen LogP contribution in [0.15, 0.2) is 22.7 Å². The highest BCUT2D eigenvalue weighted by atomic mass is 79.9. The van der Waals surface area contributed by atoms with Gasteiger partial charge < -0.3 is 10.1 Å². The van der Waals surface area contributed by atoms with E-state index >= 15 is 0 Å². The van der Waals surface area contributed by atoms with E-state index in [2.05, 4.69) is 21.2 Å². The van der Waals surface area contributed by atoms with Crippen LogP contribution < -0.4 is 5.32 Å². The van der Waals surface area contributed by atoms with Crippen molar-refractivity contribution >= 4 is 15.9 Å². The van der Waals surface area contributed by atoms with Gasteiger partial charge in [0, 0.05) is 29.7 Å². The summed E-state index contributed by atoms with van der Waals surface area (Å²) < 4.78 is 19.2. The number of hydrogen-bond donors (Lipinski definition) is 1. The minimum absolute atomic E-state index is 0.0161. The van der Waals surface area contributed by atoms with Gasteiger partial charge in [-0.2, -0.15) is 0 Å². The van der Waals surface area contributed by atoms with Gasteiger partial charge in [-0.3, -0.25) is 0 Å². The number of benzene rings is 1. The molecule has 1 N–H and O–H groups in total. The van der Waals surface area contributed by atoms with Crippen LogP contribution in [-0.4, -0.2) is 20.3 Å². The maximum atomic E-state index is 13.4. The van der Waals surface area contributed by atoms with Crippen molar-refractivity contribution in [2.75, 3.05) is 20.3 Å². The second kappa shape index (κ2) is 6.20. The Morgan fingerprint density at radius 2 is 2.27 bits per heavy atom. The van der Waals surface area contributed by atoms with E-state index in [9.17, 15) is 4.39 Å². The molecule has 0 aliphatic heterocycles. The molecular weight excluding hydrogens is 261 g/mol. The van der Waals surface area contributed by atoms with Gasteiger partial charge in [-0.25, -0.2) is 4.39 Å².